The third-order valence-electron chi connectivity index (χ3n) is 3.82. The highest BCUT2D eigenvalue weighted by Crippen LogP contribution is 2.37. The van der Waals surface area contributed by atoms with Crippen LogP contribution in [-0.4, -0.2) is 17.1 Å². The van der Waals surface area contributed by atoms with Crippen molar-refractivity contribution in [3.8, 4) is 17.1 Å². The van der Waals surface area contributed by atoms with E-state index in [1.54, 1.807) is 12.1 Å². The zero-order chi connectivity index (χ0) is 14.1. The average Bonchev–Trinajstić information content (AvgIpc) is 2.35. The lowest BCUT2D eigenvalue weighted by molar-refractivity contribution is 0.408. The molecule has 1 aromatic heterocycles. The van der Waals surface area contributed by atoms with Gasteiger partial charge in [-0.2, -0.15) is 0 Å². The van der Waals surface area contributed by atoms with Crippen LogP contribution in [0, 0.1) is 12.7 Å². The van der Waals surface area contributed by atoms with Gasteiger partial charge in [-0.1, -0.05) is 12.5 Å². The Morgan fingerprint density at radius 1 is 1.25 bits per heavy atom. The largest absolute Gasteiger partial charge is 0.496 e. The van der Waals surface area contributed by atoms with Crippen LogP contribution in [0.2, 0.25) is 0 Å². The maximum atomic E-state index is 14.1. The van der Waals surface area contributed by atoms with Gasteiger partial charge in [-0.3, -0.25) is 0 Å². The highest BCUT2D eigenvalue weighted by atomic mass is 19.1. The molecule has 1 aliphatic rings. The Hall–Kier alpha value is -1.97. The molecule has 1 fully saturated rings. The fourth-order valence-electron chi connectivity index (χ4n) is 2.51. The minimum atomic E-state index is -0.352. The smallest absolute Gasteiger partial charge is 0.166 e. The summed E-state index contributed by atoms with van der Waals surface area (Å²) in [6.45, 7) is 1.92. The Kier molecular flexibility index (Phi) is 3.38. The van der Waals surface area contributed by atoms with Gasteiger partial charge in [-0.25, -0.2) is 14.4 Å². The topological polar surface area (TPSA) is 35.0 Å². The van der Waals surface area contributed by atoms with Gasteiger partial charge in [0.1, 0.15) is 11.6 Å². The first-order chi connectivity index (χ1) is 9.69. The molecule has 4 heteroatoms. The molecule has 3 rings (SSSR count). The summed E-state index contributed by atoms with van der Waals surface area (Å²) in [6, 6.07) is 6.76. The quantitative estimate of drug-likeness (QED) is 0.850. The van der Waals surface area contributed by atoms with Gasteiger partial charge in [0.05, 0.1) is 12.7 Å². The molecule has 0 amide bonds. The second kappa shape index (κ2) is 5.19. The van der Waals surface area contributed by atoms with Crippen LogP contribution >= 0.6 is 0 Å². The van der Waals surface area contributed by atoms with E-state index in [2.05, 4.69) is 9.97 Å². The Morgan fingerprint density at radius 2 is 2.05 bits per heavy atom. The van der Waals surface area contributed by atoms with Crippen molar-refractivity contribution in [3.05, 3.63) is 41.5 Å². The predicted molar refractivity (Wildman–Crippen MR) is 75.3 cm³/mol. The molecule has 3 nitrogen and oxygen atoms in total. The van der Waals surface area contributed by atoms with Gasteiger partial charge in [-0.15, -0.1) is 0 Å². The van der Waals surface area contributed by atoms with E-state index in [9.17, 15) is 4.39 Å². The van der Waals surface area contributed by atoms with Crippen LogP contribution in [-0.2, 0) is 0 Å². The lowest BCUT2D eigenvalue weighted by atomic mass is 9.82. The second-order valence-electron chi connectivity index (χ2n) is 5.20. The van der Waals surface area contributed by atoms with Crippen molar-refractivity contribution >= 4 is 0 Å². The van der Waals surface area contributed by atoms with Gasteiger partial charge in [0.2, 0.25) is 0 Å². The molecule has 1 aromatic carbocycles. The van der Waals surface area contributed by atoms with Gasteiger partial charge in [0.25, 0.3) is 0 Å². The maximum absolute atomic E-state index is 14.1. The highest BCUT2D eigenvalue weighted by molar-refractivity contribution is 5.65. The molecular formula is C16H17FN2O. The molecule has 20 heavy (non-hydrogen) atoms. The van der Waals surface area contributed by atoms with Gasteiger partial charge in [0, 0.05) is 17.3 Å². The SMILES string of the molecule is COc1cccc(F)c1-c1nc(C)cc(C2CCC2)n1. The number of benzene rings is 1. The molecule has 0 bridgehead atoms. The standard InChI is InChI=1S/C16H17FN2O/c1-10-9-13(11-5-3-6-11)19-16(18-10)15-12(17)7-4-8-14(15)20-2/h4,7-9,11H,3,5-6H2,1-2H3. The lowest BCUT2D eigenvalue weighted by Crippen LogP contribution is -2.12. The number of halogens is 1. The third-order valence-corrected chi connectivity index (χ3v) is 3.82. The number of ether oxygens (including phenoxy) is 1. The average molecular weight is 272 g/mol. The Bertz CT molecular complexity index is 638. The number of nitrogens with zero attached hydrogens (tertiary/aromatic N) is 2. The Labute approximate surface area is 117 Å². The Morgan fingerprint density at radius 3 is 2.70 bits per heavy atom. The molecule has 0 aliphatic heterocycles. The van der Waals surface area contributed by atoms with Crippen molar-refractivity contribution in [2.45, 2.75) is 32.1 Å². The molecule has 0 atom stereocenters. The van der Waals surface area contributed by atoms with E-state index in [1.165, 1.54) is 19.6 Å². The van der Waals surface area contributed by atoms with Crippen molar-refractivity contribution in [1.29, 1.82) is 0 Å². The van der Waals surface area contributed by atoms with Gasteiger partial charge in [0.15, 0.2) is 5.82 Å². The first kappa shape index (κ1) is 13.0. The number of hydrogen-bond acceptors (Lipinski definition) is 3. The minimum Gasteiger partial charge on any atom is -0.496 e. The number of methoxy groups -OCH3 is 1. The van der Waals surface area contributed by atoms with E-state index < -0.39 is 0 Å². The van der Waals surface area contributed by atoms with E-state index in [0.29, 0.717) is 23.1 Å². The van der Waals surface area contributed by atoms with Crippen molar-refractivity contribution in [3.63, 3.8) is 0 Å². The summed E-state index contributed by atoms with van der Waals surface area (Å²) in [6.07, 6.45) is 3.56. The van der Waals surface area contributed by atoms with Crippen molar-refractivity contribution in [2.75, 3.05) is 7.11 Å². The summed E-state index contributed by atoms with van der Waals surface area (Å²) >= 11 is 0. The summed E-state index contributed by atoms with van der Waals surface area (Å²) in [5.74, 6) is 1.03. The molecule has 0 saturated heterocycles. The minimum absolute atomic E-state index is 0.347. The molecule has 0 unspecified atom stereocenters. The zero-order valence-electron chi connectivity index (χ0n) is 11.7. The fraction of sp³-hybridized carbons (Fsp3) is 0.375. The van der Waals surface area contributed by atoms with Crippen LogP contribution < -0.4 is 4.74 Å². The van der Waals surface area contributed by atoms with Crippen LogP contribution in [0.5, 0.6) is 5.75 Å². The van der Waals surface area contributed by atoms with Crippen LogP contribution in [0.4, 0.5) is 4.39 Å². The van der Waals surface area contributed by atoms with E-state index in [4.69, 9.17) is 4.74 Å². The molecule has 1 heterocycles. The van der Waals surface area contributed by atoms with Crippen LogP contribution in [0.15, 0.2) is 24.3 Å². The Balaban J connectivity index is 2.12. The fourth-order valence-corrected chi connectivity index (χ4v) is 2.51. The number of aromatic nitrogens is 2. The van der Waals surface area contributed by atoms with Crippen LogP contribution in [0.25, 0.3) is 11.4 Å². The van der Waals surface area contributed by atoms with E-state index in [0.717, 1.165) is 24.2 Å². The van der Waals surface area contributed by atoms with E-state index in [1.807, 2.05) is 13.0 Å². The molecule has 1 aliphatic carbocycles. The molecule has 0 spiro atoms. The number of rotatable bonds is 3. The van der Waals surface area contributed by atoms with Gasteiger partial charge in [-0.05, 0) is 38.0 Å². The second-order valence-corrected chi connectivity index (χ2v) is 5.20. The third kappa shape index (κ3) is 2.26. The zero-order valence-corrected chi connectivity index (χ0v) is 11.7. The summed E-state index contributed by atoms with van der Waals surface area (Å²) in [4.78, 5) is 8.95. The van der Waals surface area contributed by atoms with Crippen LogP contribution in [0.3, 0.4) is 0 Å². The summed E-state index contributed by atoms with van der Waals surface area (Å²) in [7, 11) is 1.53. The van der Waals surface area contributed by atoms with Crippen molar-refractivity contribution in [2.24, 2.45) is 0 Å². The van der Waals surface area contributed by atoms with Gasteiger partial charge >= 0.3 is 0 Å². The highest BCUT2D eigenvalue weighted by Gasteiger charge is 2.23. The van der Waals surface area contributed by atoms with Gasteiger partial charge < -0.3 is 4.74 Å². The van der Waals surface area contributed by atoms with Crippen LogP contribution in [0.1, 0.15) is 36.6 Å². The molecule has 0 radical (unpaired) electrons. The van der Waals surface area contributed by atoms with Crippen molar-refractivity contribution in [1.82, 2.24) is 9.97 Å². The number of aryl methyl sites for hydroxylation is 1. The molecule has 1 saturated carbocycles. The molecular weight excluding hydrogens is 255 g/mol. The van der Waals surface area contributed by atoms with Crippen molar-refractivity contribution < 1.29 is 9.13 Å². The predicted octanol–water partition coefficient (Wildman–Crippen LogP) is 3.87. The normalized spacial score (nSPS) is 14.9. The summed E-state index contributed by atoms with van der Waals surface area (Å²) in [5.41, 5.74) is 2.23. The maximum Gasteiger partial charge on any atom is 0.166 e. The molecule has 0 N–H and O–H groups in total. The number of hydrogen-bond donors (Lipinski definition) is 0. The first-order valence-electron chi connectivity index (χ1n) is 6.87. The van der Waals surface area contributed by atoms with E-state index >= 15 is 0 Å². The summed E-state index contributed by atoms with van der Waals surface area (Å²) in [5, 5.41) is 0. The monoisotopic (exact) mass is 272 g/mol. The molecule has 104 valence electrons. The summed E-state index contributed by atoms with van der Waals surface area (Å²) < 4.78 is 19.4. The lowest BCUT2D eigenvalue weighted by Gasteiger charge is -2.25. The first-order valence-corrected chi connectivity index (χ1v) is 6.87. The van der Waals surface area contributed by atoms with E-state index in [-0.39, 0.29) is 5.82 Å². The molecule has 2 aromatic rings.